The molecule has 0 saturated carbocycles. The SMILES string of the molecule is C=C(C)C(=O)NC(COC)(OC)OC. The van der Waals surface area contributed by atoms with E-state index in [2.05, 4.69) is 11.9 Å². The van der Waals surface area contributed by atoms with Gasteiger partial charge in [0.25, 0.3) is 5.91 Å². The van der Waals surface area contributed by atoms with E-state index in [0.29, 0.717) is 5.57 Å². The van der Waals surface area contributed by atoms with Crippen LogP contribution in [0.1, 0.15) is 6.92 Å². The molecule has 0 heterocycles. The number of rotatable bonds is 6. The van der Waals surface area contributed by atoms with Crippen LogP contribution in [0.4, 0.5) is 0 Å². The average molecular weight is 203 g/mol. The maximum absolute atomic E-state index is 11.3. The Morgan fingerprint density at radius 3 is 2.14 bits per heavy atom. The van der Waals surface area contributed by atoms with E-state index in [1.54, 1.807) is 6.92 Å². The van der Waals surface area contributed by atoms with Crippen LogP contribution < -0.4 is 5.32 Å². The maximum Gasteiger partial charge on any atom is 0.275 e. The lowest BCUT2D eigenvalue weighted by Crippen LogP contribution is -2.54. The van der Waals surface area contributed by atoms with Crippen LogP contribution in [0, 0.1) is 0 Å². The first-order valence-corrected chi connectivity index (χ1v) is 4.08. The number of hydrogen-bond acceptors (Lipinski definition) is 4. The summed E-state index contributed by atoms with van der Waals surface area (Å²) in [7, 11) is 4.32. The molecule has 0 aromatic carbocycles. The fraction of sp³-hybridized carbons (Fsp3) is 0.667. The minimum absolute atomic E-state index is 0.0962. The van der Waals surface area contributed by atoms with Crippen molar-refractivity contribution in [2.75, 3.05) is 27.9 Å². The second-order valence-corrected chi connectivity index (χ2v) is 2.83. The molecule has 82 valence electrons. The Kier molecular flexibility index (Phi) is 5.37. The number of nitrogens with one attached hydrogen (secondary N) is 1. The molecule has 0 atom stereocenters. The Hall–Kier alpha value is -0.910. The molecule has 0 aromatic heterocycles. The van der Waals surface area contributed by atoms with Gasteiger partial charge in [0.1, 0.15) is 6.61 Å². The quantitative estimate of drug-likeness (QED) is 0.497. The van der Waals surface area contributed by atoms with Gasteiger partial charge in [0, 0.05) is 26.9 Å². The molecular weight excluding hydrogens is 186 g/mol. The van der Waals surface area contributed by atoms with Crippen molar-refractivity contribution < 1.29 is 19.0 Å². The van der Waals surface area contributed by atoms with Gasteiger partial charge >= 0.3 is 0 Å². The van der Waals surface area contributed by atoms with Crippen molar-refractivity contribution in [1.29, 1.82) is 0 Å². The first-order chi connectivity index (χ1) is 6.51. The first-order valence-electron chi connectivity index (χ1n) is 4.08. The van der Waals surface area contributed by atoms with Gasteiger partial charge in [-0.1, -0.05) is 6.58 Å². The third-order valence-electron chi connectivity index (χ3n) is 1.69. The van der Waals surface area contributed by atoms with E-state index in [0.717, 1.165) is 0 Å². The van der Waals surface area contributed by atoms with Crippen LogP contribution >= 0.6 is 0 Å². The molecule has 0 unspecified atom stereocenters. The highest BCUT2D eigenvalue weighted by Gasteiger charge is 2.31. The smallest absolute Gasteiger partial charge is 0.275 e. The fourth-order valence-corrected chi connectivity index (χ4v) is 0.809. The number of methoxy groups -OCH3 is 3. The summed E-state index contributed by atoms with van der Waals surface area (Å²) in [6.07, 6.45) is 0. The molecule has 0 bridgehead atoms. The van der Waals surface area contributed by atoms with Gasteiger partial charge in [-0.3, -0.25) is 10.1 Å². The Bertz CT molecular complexity index is 211. The Labute approximate surface area is 84.0 Å². The van der Waals surface area contributed by atoms with Crippen molar-refractivity contribution >= 4 is 5.91 Å². The van der Waals surface area contributed by atoms with E-state index in [-0.39, 0.29) is 12.5 Å². The maximum atomic E-state index is 11.3. The molecule has 5 heteroatoms. The number of carbonyl (C=O) groups is 1. The van der Waals surface area contributed by atoms with Gasteiger partial charge in [0.05, 0.1) is 0 Å². The van der Waals surface area contributed by atoms with Gasteiger partial charge in [-0.15, -0.1) is 0 Å². The molecule has 14 heavy (non-hydrogen) atoms. The first kappa shape index (κ1) is 13.1. The Morgan fingerprint density at radius 2 is 1.86 bits per heavy atom. The predicted molar refractivity (Wildman–Crippen MR) is 51.6 cm³/mol. The summed E-state index contributed by atoms with van der Waals surface area (Å²) in [6, 6.07) is 0. The molecule has 0 aliphatic rings. The van der Waals surface area contributed by atoms with E-state index < -0.39 is 5.91 Å². The van der Waals surface area contributed by atoms with Gasteiger partial charge in [-0.25, -0.2) is 0 Å². The summed E-state index contributed by atoms with van der Waals surface area (Å²) >= 11 is 0. The molecule has 0 aliphatic heterocycles. The molecule has 1 amide bonds. The fourth-order valence-electron chi connectivity index (χ4n) is 0.809. The summed E-state index contributed by atoms with van der Waals surface area (Å²) in [5, 5.41) is 2.52. The second kappa shape index (κ2) is 5.74. The number of ether oxygens (including phenoxy) is 3. The van der Waals surface area contributed by atoms with Gasteiger partial charge in [-0.05, 0) is 6.92 Å². The highest BCUT2D eigenvalue weighted by molar-refractivity contribution is 5.92. The third-order valence-corrected chi connectivity index (χ3v) is 1.69. The topological polar surface area (TPSA) is 56.8 Å². The van der Waals surface area contributed by atoms with Crippen LogP contribution in [-0.2, 0) is 19.0 Å². The van der Waals surface area contributed by atoms with Crippen molar-refractivity contribution in [3.8, 4) is 0 Å². The van der Waals surface area contributed by atoms with Crippen molar-refractivity contribution in [1.82, 2.24) is 5.32 Å². The summed E-state index contributed by atoms with van der Waals surface area (Å²) < 4.78 is 14.9. The largest absolute Gasteiger partial charge is 0.377 e. The second-order valence-electron chi connectivity index (χ2n) is 2.83. The highest BCUT2D eigenvalue weighted by atomic mass is 16.7. The van der Waals surface area contributed by atoms with Crippen molar-refractivity contribution in [2.45, 2.75) is 12.8 Å². The zero-order valence-corrected chi connectivity index (χ0v) is 9.05. The normalized spacial score (nSPS) is 11.1. The minimum Gasteiger partial charge on any atom is -0.377 e. The van der Waals surface area contributed by atoms with Crippen molar-refractivity contribution in [2.24, 2.45) is 0 Å². The zero-order valence-electron chi connectivity index (χ0n) is 9.05. The lowest BCUT2D eigenvalue weighted by atomic mass is 10.3. The van der Waals surface area contributed by atoms with Gasteiger partial charge in [0.15, 0.2) is 0 Å². The van der Waals surface area contributed by atoms with E-state index in [4.69, 9.17) is 14.2 Å². The molecule has 0 aliphatic carbocycles. The number of carbonyl (C=O) groups excluding carboxylic acids is 1. The molecule has 5 nitrogen and oxygen atoms in total. The molecule has 0 aromatic rings. The van der Waals surface area contributed by atoms with Crippen LogP contribution in [0.3, 0.4) is 0 Å². The van der Waals surface area contributed by atoms with Gasteiger partial charge in [-0.2, -0.15) is 0 Å². The lowest BCUT2D eigenvalue weighted by Gasteiger charge is -2.30. The standard InChI is InChI=1S/C9H17NO4/c1-7(2)8(11)10-9(13-4,14-5)6-12-3/h1,6H2,2-5H3,(H,10,11). The number of amides is 1. The van der Waals surface area contributed by atoms with Crippen LogP contribution in [0.15, 0.2) is 12.2 Å². The van der Waals surface area contributed by atoms with Crippen molar-refractivity contribution in [3.63, 3.8) is 0 Å². The van der Waals surface area contributed by atoms with E-state index in [1.165, 1.54) is 21.3 Å². The predicted octanol–water partition coefficient (Wildman–Crippen LogP) is 0.272. The number of hydrogen-bond donors (Lipinski definition) is 1. The average Bonchev–Trinajstić information content (AvgIpc) is 2.16. The van der Waals surface area contributed by atoms with Crippen LogP contribution in [0.5, 0.6) is 0 Å². The molecule has 0 radical (unpaired) electrons. The van der Waals surface area contributed by atoms with Crippen molar-refractivity contribution in [3.05, 3.63) is 12.2 Å². The third kappa shape index (κ3) is 3.45. The van der Waals surface area contributed by atoms with E-state index in [1.807, 2.05) is 0 Å². The Morgan fingerprint density at radius 1 is 1.36 bits per heavy atom. The summed E-state index contributed by atoms with van der Waals surface area (Å²) in [6.45, 7) is 5.20. The monoisotopic (exact) mass is 203 g/mol. The molecule has 0 spiro atoms. The molecule has 1 N–H and O–H groups in total. The minimum atomic E-state index is -1.25. The molecule has 0 fully saturated rings. The zero-order chi connectivity index (χ0) is 11.2. The molecule has 0 saturated heterocycles. The van der Waals surface area contributed by atoms with Gasteiger partial charge in [0.2, 0.25) is 5.91 Å². The summed E-state index contributed by atoms with van der Waals surface area (Å²) in [5.74, 6) is -1.59. The lowest BCUT2D eigenvalue weighted by molar-refractivity contribution is -0.247. The van der Waals surface area contributed by atoms with Gasteiger partial charge < -0.3 is 14.2 Å². The van der Waals surface area contributed by atoms with Crippen LogP contribution in [0.25, 0.3) is 0 Å². The van der Waals surface area contributed by atoms with Crippen LogP contribution in [-0.4, -0.2) is 39.8 Å². The van der Waals surface area contributed by atoms with Crippen LogP contribution in [0.2, 0.25) is 0 Å². The van der Waals surface area contributed by atoms with E-state index in [9.17, 15) is 4.79 Å². The molecule has 0 rings (SSSR count). The highest BCUT2D eigenvalue weighted by Crippen LogP contribution is 2.08. The summed E-state index contributed by atoms with van der Waals surface area (Å²) in [5.41, 5.74) is 0.375. The molecular formula is C9H17NO4. The Balaban J connectivity index is 4.49. The van der Waals surface area contributed by atoms with E-state index >= 15 is 0 Å². The summed E-state index contributed by atoms with van der Waals surface area (Å²) in [4.78, 5) is 11.3.